The van der Waals surface area contributed by atoms with Gasteiger partial charge in [-0.05, 0) is 50.8 Å². The molecule has 0 aliphatic heterocycles. The van der Waals surface area contributed by atoms with Gasteiger partial charge in [0.25, 0.3) is 8.32 Å². The van der Waals surface area contributed by atoms with Gasteiger partial charge in [0.05, 0.1) is 6.61 Å². The molecule has 3 N–H and O–H groups in total. The third-order valence-corrected chi connectivity index (χ3v) is 11.3. The van der Waals surface area contributed by atoms with Crippen molar-refractivity contribution in [1.82, 2.24) is 0 Å². The van der Waals surface area contributed by atoms with Crippen LogP contribution in [0.25, 0.3) is 0 Å². The monoisotopic (exact) mass is 510 g/mol. The molecule has 5 nitrogen and oxygen atoms in total. The first-order chi connectivity index (χ1) is 17.8. The summed E-state index contributed by atoms with van der Waals surface area (Å²) in [6.45, 7) is 7.34. The van der Waals surface area contributed by atoms with Crippen molar-refractivity contribution in [2.45, 2.75) is 39.0 Å². The van der Waals surface area contributed by atoms with E-state index in [1.165, 1.54) is 10.4 Å². The Morgan fingerprint density at radius 2 is 1.32 bits per heavy atom. The minimum absolute atomic E-state index is 0.115. The Morgan fingerprint density at radius 1 is 0.757 bits per heavy atom. The Bertz CT molecular complexity index is 1280. The average Bonchev–Trinajstić information content (AvgIpc) is 2.89. The molecule has 0 aliphatic rings. The molecule has 190 valence electrons. The highest BCUT2D eigenvalue weighted by atomic mass is 28.4. The molecule has 0 saturated carbocycles. The van der Waals surface area contributed by atoms with Crippen molar-refractivity contribution in [3.63, 3.8) is 0 Å². The zero-order chi connectivity index (χ0) is 26.3. The van der Waals surface area contributed by atoms with Gasteiger partial charge in [0.15, 0.2) is 0 Å². The van der Waals surface area contributed by atoms with Crippen LogP contribution in [0.2, 0.25) is 5.04 Å². The van der Waals surface area contributed by atoms with E-state index >= 15 is 0 Å². The summed E-state index contributed by atoms with van der Waals surface area (Å²) < 4.78 is 12.4. The lowest BCUT2D eigenvalue weighted by Crippen LogP contribution is -2.66. The van der Waals surface area contributed by atoms with Crippen LogP contribution in [0.3, 0.4) is 0 Å². The predicted octanol–water partition coefficient (Wildman–Crippen LogP) is 6.09. The summed E-state index contributed by atoms with van der Waals surface area (Å²) >= 11 is 0. The minimum atomic E-state index is -2.66. The van der Waals surface area contributed by atoms with E-state index < -0.39 is 14.4 Å². The lowest BCUT2D eigenvalue weighted by Gasteiger charge is -2.43. The Kier molecular flexibility index (Phi) is 8.11. The van der Waals surface area contributed by atoms with E-state index in [1.54, 1.807) is 12.1 Å². The van der Waals surface area contributed by atoms with E-state index in [1.807, 2.05) is 48.5 Å². The first kappa shape index (κ1) is 26.2. The Labute approximate surface area is 220 Å². The Balaban J connectivity index is 1.52. The number of hydrogen-bond acceptors (Lipinski definition) is 4. The maximum absolute atomic E-state index is 12.4. The summed E-state index contributed by atoms with van der Waals surface area (Å²) in [6.07, 6.45) is -0.521. The van der Waals surface area contributed by atoms with Crippen molar-refractivity contribution in [3.8, 4) is 0 Å². The van der Waals surface area contributed by atoms with Gasteiger partial charge >= 0.3 is 6.09 Å². The smallest absolute Gasteiger partial charge is 0.411 e. The highest BCUT2D eigenvalue weighted by Crippen LogP contribution is 2.37. The molecule has 0 saturated heterocycles. The first-order valence-corrected chi connectivity index (χ1v) is 14.3. The van der Waals surface area contributed by atoms with E-state index in [4.69, 9.17) is 14.9 Å². The maximum Gasteiger partial charge on any atom is 0.411 e. The van der Waals surface area contributed by atoms with Crippen LogP contribution in [-0.4, -0.2) is 14.4 Å². The predicted molar refractivity (Wildman–Crippen MR) is 154 cm³/mol. The van der Waals surface area contributed by atoms with Crippen LogP contribution in [0.4, 0.5) is 16.2 Å². The molecule has 0 fully saturated rings. The van der Waals surface area contributed by atoms with Crippen LogP contribution in [-0.2, 0) is 22.4 Å². The van der Waals surface area contributed by atoms with Crippen molar-refractivity contribution >= 4 is 36.2 Å². The first-order valence-electron chi connectivity index (χ1n) is 12.4. The van der Waals surface area contributed by atoms with Gasteiger partial charge in [0, 0.05) is 11.4 Å². The molecule has 1 amide bonds. The third kappa shape index (κ3) is 6.28. The van der Waals surface area contributed by atoms with E-state index in [-0.39, 0.29) is 11.6 Å². The molecule has 4 aromatic carbocycles. The molecule has 0 unspecified atom stereocenters. The van der Waals surface area contributed by atoms with E-state index in [2.05, 4.69) is 74.6 Å². The normalized spacial score (nSPS) is 11.6. The summed E-state index contributed by atoms with van der Waals surface area (Å²) in [7, 11) is -2.66. The number of nitrogens with one attached hydrogen (secondary N) is 1. The zero-order valence-electron chi connectivity index (χ0n) is 21.6. The number of rotatable bonds is 8. The van der Waals surface area contributed by atoms with E-state index in [9.17, 15) is 4.79 Å². The summed E-state index contributed by atoms with van der Waals surface area (Å²) in [5, 5.41) is 5.17. The molecule has 4 rings (SSSR count). The molecule has 4 aromatic rings. The largest absolute Gasteiger partial charge is 0.444 e. The molecular weight excluding hydrogens is 476 g/mol. The molecular formula is C31H34N2O3Si. The number of anilines is 2. The van der Waals surface area contributed by atoms with Gasteiger partial charge in [-0.2, -0.15) is 0 Å². The van der Waals surface area contributed by atoms with Crippen LogP contribution in [0, 0.1) is 0 Å². The summed E-state index contributed by atoms with van der Waals surface area (Å²) in [5.41, 5.74) is 8.90. The lowest BCUT2D eigenvalue weighted by atomic mass is 10.2. The molecule has 0 heterocycles. The Morgan fingerprint density at radius 3 is 1.89 bits per heavy atom. The third-order valence-electron chi connectivity index (χ3n) is 6.37. The summed E-state index contributed by atoms with van der Waals surface area (Å²) in [4.78, 5) is 12.4. The van der Waals surface area contributed by atoms with Gasteiger partial charge in [-0.3, -0.25) is 5.32 Å². The number of nitrogen functional groups attached to an aromatic ring is 1. The molecule has 0 radical (unpaired) electrons. The van der Waals surface area contributed by atoms with Crippen molar-refractivity contribution in [1.29, 1.82) is 0 Å². The fourth-order valence-corrected chi connectivity index (χ4v) is 9.22. The van der Waals surface area contributed by atoms with Gasteiger partial charge in [0.2, 0.25) is 0 Å². The SMILES string of the molecule is CC(C)(C)[Si](OCc1cccc(NC(=O)OCc2cccc(N)c2)c1)(c1ccccc1)c1ccccc1. The molecule has 6 heteroatoms. The van der Waals surface area contributed by atoms with Crippen LogP contribution in [0.1, 0.15) is 31.9 Å². The second-order valence-electron chi connectivity index (χ2n) is 10.1. The standard InChI is InChI=1S/C31H34N2O3Si/c1-31(2,3)37(28-16-6-4-7-17-28,29-18-8-5-9-19-29)36-23-25-13-11-15-27(21-25)33-30(34)35-22-24-12-10-14-26(32)20-24/h4-21H,22-23,32H2,1-3H3,(H,33,34). The average molecular weight is 511 g/mol. The fourth-order valence-electron chi connectivity index (χ4n) is 4.68. The van der Waals surface area contributed by atoms with Crippen LogP contribution >= 0.6 is 0 Å². The highest BCUT2D eigenvalue weighted by Gasteiger charge is 2.50. The van der Waals surface area contributed by atoms with Crippen LogP contribution in [0.15, 0.2) is 109 Å². The van der Waals surface area contributed by atoms with E-state index in [0.717, 1.165) is 11.1 Å². The van der Waals surface area contributed by atoms with Gasteiger partial charge < -0.3 is 14.9 Å². The minimum Gasteiger partial charge on any atom is -0.444 e. The van der Waals surface area contributed by atoms with Gasteiger partial charge in [0.1, 0.15) is 6.61 Å². The number of carbonyl (C=O) groups is 1. The molecule has 0 spiro atoms. The molecule has 0 aromatic heterocycles. The Hall–Kier alpha value is -3.87. The highest BCUT2D eigenvalue weighted by molar-refractivity contribution is 6.99. The maximum atomic E-state index is 12.4. The second kappa shape index (κ2) is 11.5. The van der Waals surface area contributed by atoms with Crippen molar-refractivity contribution < 1.29 is 14.0 Å². The topological polar surface area (TPSA) is 73.6 Å². The van der Waals surface area contributed by atoms with E-state index in [0.29, 0.717) is 18.0 Å². The molecule has 0 atom stereocenters. The van der Waals surface area contributed by atoms with Crippen molar-refractivity contribution in [3.05, 3.63) is 120 Å². The molecule has 0 aliphatic carbocycles. The lowest BCUT2D eigenvalue weighted by molar-refractivity contribution is 0.155. The zero-order valence-corrected chi connectivity index (χ0v) is 22.6. The van der Waals surface area contributed by atoms with Crippen molar-refractivity contribution in [2.24, 2.45) is 0 Å². The van der Waals surface area contributed by atoms with Crippen LogP contribution < -0.4 is 21.4 Å². The number of carbonyl (C=O) groups excluding carboxylic acids is 1. The summed E-state index contributed by atoms with van der Waals surface area (Å²) in [6, 6.07) is 36.1. The second-order valence-corrected chi connectivity index (χ2v) is 14.4. The van der Waals surface area contributed by atoms with Gasteiger partial charge in [-0.1, -0.05) is 106 Å². The number of benzene rings is 4. The molecule has 0 bridgehead atoms. The van der Waals surface area contributed by atoms with Crippen LogP contribution in [0.5, 0.6) is 0 Å². The molecule has 37 heavy (non-hydrogen) atoms. The number of nitrogens with two attached hydrogens (primary N) is 1. The summed E-state index contributed by atoms with van der Waals surface area (Å²) in [5.74, 6) is 0. The number of hydrogen-bond donors (Lipinski definition) is 2. The van der Waals surface area contributed by atoms with Gasteiger partial charge in [-0.15, -0.1) is 0 Å². The quantitative estimate of drug-likeness (QED) is 0.222. The van der Waals surface area contributed by atoms with Gasteiger partial charge in [-0.25, -0.2) is 4.79 Å². The fraction of sp³-hybridized carbons (Fsp3) is 0.194. The number of amides is 1. The number of ether oxygens (including phenoxy) is 1. The van der Waals surface area contributed by atoms with Crippen molar-refractivity contribution in [2.75, 3.05) is 11.1 Å².